The number of anilines is 2. The van der Waals surface area contributed by atoms with Crippen LogP contribution in [0.4, 0.5) is 15.1 Å². The molecule has 0 fully saturated rings. The Morgan fingerprint density at radius 1 is 1.08 bits per heavy atom. The zero-order chi connectivity index (χ0) is 17.5. The highest BCUT2D eigenvalue weighted by molar-refractivity contribution is 7.14. The van der Waals surface area contributed by atoms with Crippen molar-refractivity contribution >= 4 is 39.8 Å². The van der Waals surface area contributed by atoms with E-state index in [0.717, 1.165) is 11.3 Å². The minimum atomic E-state index is -0.969. The third kappa shape index (κ3) is 4.88. The zero-order valence-electron chi connectivity index (χ0n) is 12.5. The first-order valence-corrected chi connectivity index (χ1v) is 8.00. The van der Waals surface area contributed by atoms with Gasteiger partial charge in [-0.25, -0.2) is 4.39 Å². The van der Waals surface area contributed by atoms with E-state index < -0.39 is 17.7 Å². The number of hydrogen-bond acceptors (Lipinski definition) is 4. The van der Waals surface area contributed by atoms with E-state index in [1.807, 2.05) is 0 Å². The Bertz CT molecular complexity index is 760. The first-order valence-electron chi connectivity index (χ1n) is 7.12. The Hall–Kier alpha value is -2.74. The SMILES string of the molecule is O=C(O)CCCC(=O)Nc1sccc1C(=O)Nc1ccccc1F. The summed E-state index contributed by atoms with van der Waals surface area (Å²) in [4.78, 5) is 34.5. The maximum Gasteiger partial charge on any atom is 0.303 e. The summed E-state index contributed by atoms with van der Waals surface area (Å²) in [6.45, 7) is 0. The molecule has 0 bridgehead atoms. The predicted octanol–water partition coefficient (Wildman–Crippen LogP) is 3.33. The molecule has 8 heteroatoms. The lowest BCUT2D eigenvalue weighted by molar-refractivity contribution is -0.137. The molecule has 0 saturated carbocycles. The summed E-state index contributed by atoms with van der Waals surface area (Å²) in [5.41, 5.74) is 0.266. The Balaban J connectivity index is 1.99. The lowest BCUT2D eigenvalue weighted by atomic mass is 10.2. The second kappa shape index (κ2) is 8.21. The fourth-order valence-electron chi connectivity index (χ4n) is 1.93. The number of halogens is 1. The van der Waals surface area contributed by atoms with E-state index in [2.05, 4.69) is 10.6 Å². The summed E-state index contributed by atoms with van der Waals surface area (Å²) in [6.07, 6.45) is 0.153. The summed E-state index contributed by atoms with van der Waals surface area (Å²) >= 11 is 1.16. The Labute approximate surface area is 141 Å². The summed E-state index contributed by atoms with van der Waals surface area (Å²) in [6, 6.07) is 7.29. The summed E-state index contributed by atoms with van der Waals surface area (Å²) in [5.74, 6) is -2.44. The van der Waals surface area contributed by atoms with Gasteiger partial charge in [0.1, 0.15) is 10.8 Å². The number of benzene rings is 1. The van der Waals surface area contributed by atoms with Crippen LogP contribution in [0.1, 0.15) is 29.6 Å². The van der Waals surface area contributed by atoms with Crippen LogP contribution in [0.2, 0.25) is 0 Å². The van der Waals surface area contributed by atoms with Crippen molar-refractivity contribution in [1.29, 1.82) is 0 Å². The molecule has 6 nitrogen and oxygen atoms in total. The average Bonchev–Trinajstić information content (AvgIpc) is 2.97. The van der Waals surface area contributed by atoms with E-state index in [-0.39, 0.29) is 36.4 Å². The topological polar surface area (TPSA) is 95.5 Å². The highest BCUT2D eigenvalue weighted by atomic mass is 32.1. The fourth-order valence-corrected chi connectivity index (χ4v) is 2.73. The number of hydrogen-bond donors (Lipinski definition) is 3. The minimum absolute atomic E-state index is 0.0403. The quantitative estimate of drug-likeness (QED) is 0.714. The van der Waals surface area contributed by atoms with Gasteiger partial charge in [-0.1, -0.05) is 12.1 Å². The molecule has 24 heavy (non-hydrogen) atoms. The Kier molecular flexibility index (Phi) is 6.02. The smallest absolute Gasteiger partial charge is 0.303 e. The molecule has 1 aromatic carbocycles. The van der Waals surface area contributed by atoms with Crippen LogP contribution in [0.15, 0.2) is 35.7 Å². The maximum absolute atomic E-state index is 13.6. The van der Waals surface area contributed by atoms with Crippen LogP contribution in [0.5, 0.6) is 0 Å². The minimum Gasteiger partial charge on any atom is -0.481 e. The molecule has 0 spiro atoms. The van der Waals surface area contributed by atoms with E-state index in [1.54, 1.807) is 11.4 Å². The molecule has 2 aromatic rings. The molecule has 0 radical (unpaired) electrons. The van der Waals surface area contributed by atoms with Gasteiger partial charge < -0.3 is 15.7 Å². The van der Waals surface area contributed by atoms with Crippen molar-refractivity contribution in [2.24, 2.45) is 0 Å². The zero-order valence-corrected chi connectivity index (χ0v) is 13.4. The van der Waals surface area contributed by atoms with Crippen molar-refractivity contribution in [1.82, 2.24) is 0 Å². The molecule has 0 saturated heterocycles. The van der Waals surface area contributed by atoms with Crippen molar-refractivity contribution in [3.05, 3.63) is 47.1 Å². The molecule has 0 aliphatic rings. The van der Waals surface area contributed by atoms with Gasteiger partial charge in [0.2, 0.25) is 5.91 Å². The van der Waals surface area contributed by atoms with Crippen LogP contribution >= 0.6 is 11.3 Å². The monoisotopic (exact) mass is 350 g/mol. The number of carboxylic acids is 1. The van der Waals surface area contributed by atoms with Gasteiger partial charge in [-0.2, -0.15) is 0 Å². The lowest BCUT2D eigenvalue weighted by Gasteiger charge is -2.08. The van der Waals surface area contributed by atoms with Crippen LogP contribution in [0, 0.1) is 5.82 Å². The number of carbonyl (C=O) groups excluding carboxylic acids is 2. The van der Waals surface area contributed by atoms with Crippen molar-refractivity contribution in [3.8, 4) is 0 Å². The van der Waals surface area contributed by atoms with Gasteiger partial charge >= 0.3 is 5.97 Å². The molecular formula is C16H15FN2O4S. The first kappa shape index (κ1) is 17.6. The van der Waals surface area contributed by atoms with Crippen LogP contribution in [-0.2, 0) is 9.59 Å². The number of para-hydroxylation sites is 1. The molecule has 2 rings (SSSR count). The number of aliphatic carboxylic acids is 1. The van der Waals surface area contributed by atoms with E-state index in [4.69, 9.17) is 5.11 Å². The van der Waals surface area contributed by atoms with Crippen molar-refractivity contribution in [2.45, 2.75) is 19.3 Å². The standard InChI is InChI=1S/C16H15FN2O4S/c17-11-4-1-2-5-12(11)18-15(23)10-8-9-24-16(10)19-13(20)6-3-7-14(21)22/h1-2,4-5,8-9H,3,6-7H2,(H,18,23)(H,19,20)(H,21,22). The molecule has 3 N–H and O–H groups in total. The van der Waals surface area contributed by atoms with E-state index in [1.165, 1.54) is 24.3 Å². The first-order chi connectivity index (χ1) is 11.5. The number of carbonyl (C=O) groups is 3. The summed E-state index contributed by atoms with van der Waals surface area (Å²) < 4.78 is 13.6. The Morgan fingerprint density at radius 3 is 2.54 bits per heavy atom. The van der Waals surface area contributed by atoms with Gasteiger partial charge in [-0.3, -0.25) is 14.4 Å². The van der Waals surface area contributed by atoms with Gasteiger partial charge in [0.05, 0.1) is 11.3 Å². The molecule has 2 amide bonds. The number of rotatable bonds is 7. The van der Waals surface area contributed by atoms with Crippen molar-refractivity contribution < 1.29 is 23.9 Å². The predicted molar refractivity (Wildman–Crippen MR) is 88.8 cm³/mol. The number of nitrogens with one attached hydrogen (secondary N) is 2. The average molecular weight is 350 g/mol. The Morgan fingerprint density at radius 2 is 1.83 bits per heavy atom. The summed E-state index contributed by atoms with van der Waals surface area (Å²) in [7, 11) is 0. The third-order valence-electron chi connectivity index (χ3n) is 3.08. The molecule has 0 aliphatic heterocycles. The molecule has 126 valence electrons. The molecule has 0 unspecified atom stereocenters. The highest BCUT2D eigenvalue weighted by Gasteiger charge is 2.16. The van der Waals surface area contributed by atoms with Gasteiger partial charge in [-0.05, 0) is 30.0 Å². The van der Waals surface area contributed by atoms with E-state index >= 15 is 0 Å². The third-order valence-corrected chi connectivity index (χ3v) is 3.91. The van der Waals surface area contributed by atoms with E-state index in [9.17, 15) is 18.8 Å². The van der Waals surface area contributed by atoms with Gasteiger partial charge in [0.25, 0.3) is 5.91 Å². The second-order valence-corrected chi connectivity index (χ2v) is 5.81. The molecule has 0 aliphatic carbocycles. The van der Waals surface area contributed by atoms with Crippen LogP contribution in [0.3, 0.4) is 0 Å². The molecular weight excluding hydrogens is 335 g/mol. The molecule has 1 heterocycles. The number of thiophene rings is 1. The maximum atomic E-state index is 13.6. The normalized spacial score (nSPS) is 10.2. The largest absolute Gasteiger partial charge is 0.481 e. The van der Waals surface area contributed by atoms with Gasteiger partial charge in [-0.15, -0.1) is 11.3 Å². The van der Waals surface area contributed by atoms with E-state index in [0.29, 0.717) is 5.00 Å². The van der Waals surface area contributed by atoms with Crippen LogP contribution in [0.25, 0.3) is 0 Å². The van der Waals surface area contributed by atoms with Crippen LogP contribution in [-0.4, -0.2) is 22.9 Å². The lowest BCUT2D eigenvalue weighted by Crippen LogP contribution is -2.17. The summed E-state index contributed by atoms with van der Waals surface area (Å²) in [5, 5.41) is 15.5. The highest BCUT2D eigenvalue weighted by Crippen LogP contribution is 2.25. The number of amides is 2. The molecule has 0 atom stereocenters. The van der Waals surface area contributed by atoms with Crippen molar-refractivity contribution in [2.75, 3.05) is 10.6 Å². The molecule has 1 aromatic heterocycles. The van der Waals surface area contributed by atoms with Gasteiger partial charge in [0, 0.05) is 12.8 Å². The van der Waals surface area contributed by atoms with Crippen molar-refractivity contribution in [3.63, 3.8) is 0 Å². The number of carboxylic acid groups (broad SMARTS) is 1. The fraction of sp³-hybridized carbons (Fsp3) is 0.188. The second-order valence-electron chi connectivity index (χ2n) is 4.89. The van der Waals surface area contributed by atoms with Gasteiger partial charge in [0.15, 0.2) is 0 Å². The van der Waals surface area contributed by atoms with Crippen LogP contribution < -0.4 is 10.6 Å².